The van der Waals surface area contributed by atoms with Crippen molar-refractivity contribution in [1.82, 2.24) is 41.3 Å². The van der Waals surface area contributed by atoms with Crippen LogP contribution >= 0.6 is 0 Å². The van der Waals surface area contributed by atoms with E-state index >= 15 is 19.2 Å². The molecule has 1 fully saturated rings. The molecule has 10 N–H and O–H groups in total. The molecule has 400 valence electrons. The Hall–Kier alpha value is -7.84. The van der Waals surface area contributed by atoms with Crippen molar-refractivity contribution in [3.05, 3.63) is 106 Å². The highest BCUT2D eigenvalue weighted by molar-refractivity contribution is 5.99. The molecule has 4 heterocycles. The number of rotatable bonds is 11. The summed E-state index contributed by atoms with van der Waals surface area (Å²) < 4.78 is 0. The Kier molecular flexibility index (Phi) is 18.6. The number of fused-ring (bicyclic) bond motifs is 6. The summed E-state index contributed by atoms with van der Waals surface area (Å²) in [7, 11) is 0. The number of hydrogen-bond acceptors (Lipinski definition) is 10. The molecule has 21 heteroatoms. The standard InChI is InChI=1S/C54H69N11O10/c1-3-4-20-39(59-32(2)66)47(68)62-42-28-46(67)57-23-12-11-21-41(53(74)75)61-49(70)43-25-33-14-5-8-17-36(33)29-63(43)50(71)40(22-13-24-58-54(55)56)60-48(69)44-26-34-15-6-9-18-37(34)30-64(44)52(73)45-27-35-16-7-10-19-38(35)31-65(45)51(42)72/h5-10,14-19,39-45H,3-4,11-13,20-31H2,1-2H3,(H,57,67)(H,59,66)(H,60,69)(H,61,70)(H,62,68)(H,74,75)(H4,55,56,58)/t39-,40-,41-,42-,43-,44+,45-/m0/s1. The van der Waals surface area contributed by atoms with E-state index in [0.717, 1.165) is 33.4 Å². The molecule has 8 amide bonds. The average molecular weight is 1030 g/mol. The summed E-state index contributed by atoms with van der Waals surface area (Å²) in [6.45, 7) is 3.16. The molecule has 7 atom stereocenters. The van der Waals surface area contributed by atoms with Crippen LogP contribution in [0.4, 0.5) is 0 Å². The zero-order chi connectivity index (χ0) is 53.8. The highest BCUT2D eigenvalue weighted by atomic mass is 16.4. The third-order valence-electron chi connectivity index (χ3n) is 14.4. The first-order valence-corrected chi connectivity index (χ1v) is 25.9. The number of carbonyl (C=O) groups excluding carboxylic acids is 8. The van der Waals surface area contributed by atoms with Crippen molar-refractivity contribution >= 4 is 59.2 Å². The molecular weight excluding hydrogens is 963 g/mol. The second-order valence-corrected chi connectivity index (χ2v) is 19.8. The van der Waals surface area contributed by atoms with Crippen LogP contribution in [0.15, 0.2) is 77.8 Å². The number of amides is 8. The topological polar surface area (TPSA) is 308 Å². The number of nitrogens with two attached hydrogens (primary N) is 2. The number of carbonyl (C=O) groups is 9. The minimum absolute atomic E-state index is 0.00559. The summed E-state index contributed by atoms with van der Waals surface area (Å²) in [5, 5.41) is 24.1. The normalized spacial score (nSPS) is 23.2. The lowest BCUT2D eigenvalue weighted by Crippen LogP contribution is -2.64. The number of guanidine groups is 1. The van der Waals surface area contributed by atoms with Gasteiger partial charge >= 0.3 is 5.97 Å². The Bertz CT molecular complexity index is 2670. The monoisotopic (exact) mass is 1030 g/mol. The van der Waals surface area contributed by atoms with Crippen molar-refractivity contribution in [2.24, 2.45) is 16.5 Å². The van der Waals surface area contributed by atoms with Crippen molar-refractivity contribution in [2.75, 3.05) is 13.1 Å². The van der Waals surface area contributed by atoms with Gasteiger partial charge in [-0.25, -0.2) is 4.79 Å². The lowest BCUT2D eigenvalue weighted by atomic mass is 9.89. The molecule has 75 heavy (non-hydrogen) atoms. The van der Waals surface area contributed by atoms with E-state index in [1.54, 1.807) is 12.1 Å². The number of carboxylic acid groups (broad SMARTS) is 1. The second kappa shape index (κ2) is 25.4. The van der Waals surface area contributed by atoms with Gasteiger partial charge in [0.15, 0.2) is 5.96 Å². The third-order valence-corrected chi connectivity index (χ3v) is 14.4. The fourth-order valence-corrected chi connectivity index (χ4v) is 10.5. The quantitative estimate of drug-likeness (QED) is 0.0753. The summed E-state index contributed by atoms with van der Waals surface area (Å²) >= 11 is 0. The molecule has 0 bridgehead atoms. The van der Waals surface area contributed by atoms with Crippen LogP contribution in [0.25, 0.3) is 0 Å². The number of hydrogen-bond donors (Lipinski definition) is 8. The van der Waals surface area contributed by atoms with Crippen LogP contribution in [0.1, 0.15) is 105 Å². The summed E-state index contributed by atoms with van der Waals surface area (Å²) in [5.74, 6) is -6.64. The fourth-order valence-electron chi connectivity index (χ4n) is 10.5. The maximum Gasteiger partial charge on any atom is 0.326 e. The summed E-state index contributed by atoms with van der Waals surface area (Å²) in [4.78, 5) is 137. The molecule has 1 saturated heterocycles. The highest BCUT2D eigenvalue weighted by Gasteiger charge is 2.46. The number of nitrogens with zero attached hydrogens (tertiary/aromatic N) is 4. The van der Waals surface area contributed by atoms with Crippen molar-refractivity contribution in [3.63, 3.8) is 0 Å². The molecule has 0 radical (unpaired) electrons. The number of nitrogens with one attached hydrogen (secondary N) is 5. The number of benzene rings is 3. The van der Waals surface area contributed by atoms with Crippen LogP contribution in [0.2, 0.25) is 0 Å². The lowest BCUT2D eigenvalue weighted by Gasteiger charge is -2.43. The maximum absolute atomic E-state index is 15.6. The minimum atomic E-state index is -1.53. The van der Waals surface area contributed by atoms with E-state index in [1.807, 2.05) is 67.6 Å². The van der Waals surface area contributed by atoms with Gasteiger partial charge in [0, 0.05) is 58.9 Å². The van der Waals surface area contributed by atoms with E-state index < -0.39 is 102 Å². The molecule has 0 aromatic heterocycles. The van der Waals surface area contributed by atoms with Crippen LogP contribution in [0.5, 0.6) is 0 Å². The van der Waals surface area contributed by atoms with Gasteiger partial charge in [0.2, 0.25) is 47.3 Å². The van der Waals surface area contributed by atoms with Gasteiger partial charge in [-0.3, -0.25) is 43.3 Å². The first-order valence-electron chi connectivity index (χ1n) is 25.9. The zero-order valence-corrected chi connectivity index (χ0v) is 42.6. The number of unbranched alkanes of at least 4 members (excludes halogenated alkanes) is 1. The molecule has 21 nitrogen and oxygen atoms in total. The summed E-state index contributed by atoms with van der Waals surface area (Å²) in [6.07, 6.45) is 1.74. The van der Waals surface area contributed by atoms with Crippen LogP contribution in [-0.4, -0.2) is 134 Å². The fraction of sp³-hybridized carbons (Fsp3) is 0.481. The second-order valence-electron chi connectivity index (χ2n) is 19.8. The van der Waals surface area contributed by atoms with Gasteiger partial charge in [-0.2, -0.15) is 0 Å². The van der Waals surface area contributed by atoms with Gasteiger partial charge in [-0.15, -0.1) is 0 Å². The van der Waals surface area contributed by atoms with E-state index in [9.17, 15) is 29.1 Å². The molecule has 3 aromatic carbocycles. The molecule has 0 saturated carbocycles. The number of carboxylic acids is 1. The maximum atomic E-state index is 15.6. The molecule has 3 aromatic rings. The zero-order valence-electron chi connectivity index (χ0n) is 42.6. The van der Waals surface area contributed by atoms with E-state index in [0.29, 0.717) is 12.8 Å². The Balaban J connectivity index is 1.31. The smallest absolute Gasteiger partial charge is 0.326 e. The first-order chi connectivity index (χ1) is 36.0. The van der Waals surface area contributed by atoms with E-state index in [1.165, 1.54) is 21.6 Å². The third kappa shape index (κ3) is 13.9. The lowest BCUT2D eigenvalue weighted by molar-refractivity contribution is -0.154. The van der Waals surface area contributed by atoms with Crippen LogP contribution in [0, 0.1) is 0 Å². The van der Waals surface area contributed by atoms with E-state index in [2.05, 4.69) is 31.6 Å². The molecule has 0 aliphatic carbocycles. The number of aliphatic carboxylic acids is 1. The van der Waals surface area contributed by atoms with Crippen molar-refractivity contribution in [3.8, 4) is 0 Å². The van der Waals surface area contributed by atoms with E-state index in [-0.39, 0.29) is 96.5 Å². The summed E-state index contributed by atoms with van der Waals surface area (Å²) in [5.41, 5.74) is 15.9. The molecular formula is C54H69N11O10. The van der Waals surface area contributed by atoms with Gasteiger partial charge in [-0.05, 0) is 71.9 Å². The van der Waals surface area contributed by atoms with Crippen LogP contribution in [0.3, 0.4) is 0 Å². The van der Waals surface area contributed by atoms with Crippen molar-refractivity contribution in [2.45, 2.75) is 153 Å². The molecule has 0 unspecified atom stereocenters. The van der Waals surface area contributed by atoms with Gasteiger partial charge in [0.25, 0.3) is 0 Å². The molecule has 4 aliphatic rings. The largest absolute Gasteiger partial charge is 0.480 e. The molecule has 7 rings (SSSR count). The molecule has 0 spiro atoms. The molecule has 4 aliphatic heterocycles. The minimum Gasteiger partial charge on any atom is -0.480 e. The van der Waals surface area contributed by atoms with Crippen LogP contribution in [-0.2, 0) is 82.0 Å². The Morgan fingerprint density at radius 1 is 0.693 bits per heavy atom. The Labute approximate surface area is 436 Å². The predicted octanol–water partition coefficient (Wildman–Crippen LogP) is 0.825. The number of aliphatic imine (C=N–C) groups is 1. The van der Waals surface area contributed by atoms with Gasteiger partial charge in [-0.1, -0.05) is 92.6 Å². The highest BCUT2D eigenvalue weighted by Crippen LogP contribution is 2.31. The van der Waals surface area contributed by atoms with Gasteiger partial charge in [0.05, 0.1) is 6.42 Å². The van der Waals surface area contributed by atoms with E-state index in [4.69, 9.17) is 11.5 Å². The van der Waals surface area contributed by atoms with Crippen molar-refractivity contribution < 1.29 is 48.3 Å². The predicted molar refractivity (Wildman–Crippen MR) is 275 cm³/mol. The van der Waals surface area contributed by atoms with Gasteiger partial charge in [0.1, 0.15) is 42.3 Å². The van der Waals surface area contributed by atoms with Crippen molar-refractivity contribution in [1.29, 1.82) is 0 Å². The summed E-state index contributed by atoms with van der Waals surface area (Å²) in [6, 6.07) is 13.0. The van der Waals surface area contributed by atoms with Gasteiger partial charge < -0.3 is 57.9 Å². The Morgan fingerprint density at radius 2 is 1.21 bits per heavy atom. The SMILES string of the molecule is CCCC[C@H](NC(C)=O)C(=O)N[C@H]1CC(=O)NCCCC[C@@H](C(=O)O)NC(=O)[C@@H]2Cc3ccccc3CN2C(=O)[C@H](CCCN=C(N)N)NC(=O)[C@H]2Cc3ccccc3CN2C(=O)[C@@H]2Cc3ccccc3CN2C1=O. The Morgan fingerprint density at radius 3 is 1.75 bits per heavy atom. The average Bonchev–Trinajstić information content (AvgIpc) is 3.39. The first kappa shape index (κ1) is 54.9. The van der Waals surface area contributed by atoms with Crippen LogP contribution < -0.4 is 38.1 Å².